The summed E-state index contributed by atoms with van der Waals surface area (Å²) in [6, 6.07) is 6.11. The summed E-state index contributed by atoms with van der Waals surface area (Å²) in [6.07, 6.45) is 12.1. The van der Waals surface area contributed by atoms with E-state index < -0.39 is 0 Å². The number of nitrogens with zero attached hydrogens (tertiary/aromatic N) is 3. The van der Waals surface area contributed by atoms with E-state index in [0.29, 0.717) is 12.5 Å². The molecule has 1 fully saturated rings. The highest BCUT2D eigenvalue weighted by Gasteiger charge is 2.19. The number of ether oxygens (including phenoxy) is 3. The van der Waals surface area contributed by atoms with E-state index in [2.05, 4.69) is 20.9 Å². The third-order valence-electron chi connectivity index (χ3n) is 5.95. The molecule has 0 amide bonds. The summed E-state index contributed by atoms with van der Waals surface area (Å²) < 4.78 is 19.4. The van der Waals surface area contributed by atoms with E-state index in [1.54, 1.807) is 6.20 Å². The number of benzene rings is 1. The van der Waals surface area contributed by atoms with Gasteiger partial charge in [0.1, 0.15) is 0 Å². The van der Waals surface area contributed by atoms with Gasteiger partial charge in [-0.2, -0.15) is 0 Å². The maximum absolute atomic E-state index is 6.27. The quantitative estimate of drug-likeness (QED) is 0.570. The number of imidazole rings is 1. The van der Waals surface area contributed by atoms with E-state index in [9.17, 15) is 0 Å². The lowest BCUT2D eigenvalue weighted by atomic mass is 9.90. The van der Waals surface area contributed by atoms with Gasteiger partial charge in [-0.05, 0) is 30.9 Å². The molecule has 0 atom stereocenters. The Labute approximate surface area is 176 Å². The summed E-state index contributed by atoms with van der Waals surface area (Å²) in [7, 11) is 0. The Hall–Kier alpha value is -2.80. The van der Waals surface area contributed by atoms with Crippen LogP contribution in [0.4, 0.5) is 0 Å². The van der Waals surface area contributed by atoms with E-state index in [0.717, 1.165) is 53.5 Å². The molecule has 0 radical (unpaired) electrons. The molecule has 3 aromatic rings. The predicted octanol–water partition coefficient (Wildman–Crippen LogP) is 3.91. The summed E-state index contributed by atoms with van der Waals surface area (Å²) in [5.74, 6) is 2.88. The van der Waals surface area contributed by atoms with Gasteiger partial charge in [-0.1, -0.05) is 19.3 Å². The van der Waals surface area contributed by atoms with Crippen LogP contribution in [0.25, 0.3) is 10.9 Å². The largest absolute Gasteiger partial charge is 0.477 e. The first kappa shape index (κ1) is 19.2. The minimum Gasteiger partial charge on any atom is -0.477 e. The lowest BCUT2D eigenvalue weighted by molar-refractivity contribution is 0.174. The van der Waals surface area contributed by atoms with Crippen molar-refractivity contribution in [2.24, 2.45) is 5.92 Å². The predicted molar refractivity (Wildman–Crippen MR) is 114 cm³/mol. The van der Waals surface area contributed by atoms with Crippen molar-refractivity contribution in [1.82, 2.24) is 19.9 Å². The molecule has 30 heavy (non-hydrogen) atoms. The number of nitrogens with one attached hydrogen (secondary N) is 1. The lowest BCUT2D eigenvalue weighted by Gasteiger charge is -2.22. The molecule has 2 aliphatic rings. The number of pyridine rings is 1. The van der Waals surface area contributed by atoms with Crippen LogP contribution < -0.4 is 19.5 Å². The molecule has 2 aromatic heterocycles. The zero-order chi connectivity index (χ0) is 20.2. The van der Waals surface area contributed by atoms with Crippen molar-refractivity contribution >= 4 is 10.9 Å². The van der Waals surface area contributed by atoms with Crippen molar-refractivity contribution in [3.05, 3.63) is 42.5 Å². The van der Waals surface area contributed by atoms with Crippen molar-refractivity contribution < 1.29 is 14.2 Å². The number of hydrogen-bond donors (Lipinski definition) is 1. The second kappa shape index (κ2) is 8.92. The Kier molecular flexibility index (Phi) is 5.70. The normalized spacial score (nSPS) is 16.3. The molecule has 5 rings (SSSR count). The summed E-state index contributed by atoms with van der Waals surface area (Å²) >= 11 is 0. The van der Waals surface area contributed by atoms with Crippen molar-refractivity contribution in [3.8, 4) is 17.4 Å². The molecule has 0 unspecified atom stereocenters. The molecule has 158 valence electrons. The molecule has 0 saturated heterocycles. The van der Waals surface area contributed by atoms with Gasteiger partial charge in [-0.15, -0.1) is 0 Å². The van der Waals surface area contributed by atoms with Crippen LogP contribution in [-0.2, 0) is 13.1 Å². The van der Waals surface area contributed by atoms with Gasteiger partial charge >= 0.3 is 0 Å². The van der Waals surface area contributed by atoms with Gasteiger partial charge in [0.25, 0.3) is 0 Å². The standard InChI is InChI=1S/C23H28N4O3/c1-2-4-17(5-3-1)14-28-23-19(13-24-6-8-27-9-7-25-15-27)10-18-11-21-22(30-16-29-21)12-20(18)26-23/h7,9-12,15,17,24H,1-6,8,13-14,16H2. The first-order chi connectivity index (χ1) is 14.8. The molecule has 3 heterocycles. The molecule has 7 nitrogen and oxygen atoms in total. The minimum atomic E-state index is 0.263. The average Bonchev–Trinajstić information content (AvgIpc) is 3.46. The van der Waals surface area contributed by atoms with Gasteiger partial charge < -0.3 is 24.1 Å². The van der Waals surface area contributed by atoms with Crippen molar-refractivity contribution in [3.63, 3.8) is 0 Å². The lowest BCUT2D eigenvalue weighted by Crippen LogP contribution is -2.21. The smallest absolute Gasteiger partial charge is 0.231 e. The van der Waals surface area contributed by atoms with E-state index in [-0.39, 0.29) is 6.79 Å². The average molecular weight is 409 g/mol. The van der Waals surface area contributed by atoms with Gasteiger partial charge in [-0.25, -0.2) is 9.97 Å². The van der Waals surface area contributed by atoms with Gasteiger partial charge in [-0.3, -0.25) is 0 Å². The minimum absolute atomic E-state index is 0.263. The Balaban J connectivity index is 1.33. The van der Waals surface area contributed by atoms with Crippen molar-refractivity contribution in [1.29, 1.82) is 0 Å². The summed E-state index contributed by atoms with van der Waals surface area (Å²) in [5, 5.41) is 4.55. The fourth-order valence-electron chi connectivity index (χ4n) is 4.24. The van der Waals surface area contributed by atoms with Crippen LogP contribution in [0.2, 0.25) is 0 Å². The highest BCUT2D eigenvalue weighted by Crippen LogP contribution is 2.37. The molecule has 1 N–H and O–H groups in total. The van der Waals surface area contributed by atoms with E-state index in [1.165, 1.54) is 32.1 Å². The fraction of sp³-hybridized carbons (Fsp3) is 0.478. The van der Waals surface area contributed by atoms with Crippen LogP contribution in [-0.4, -0.2) is 34.5 Å². The fourth-order valence-corrected chi connectivity index (χ4v) is 4.24. The zero-order valence-corrected chi connectivity index (χ0v) is 17.2. The maximum Gasteiger partial charge on any atom is 0.231 e. The van der Waals surface area contributed by atoms with Gasteiger partial charge in [0.2, 0.25) is 12.7 Å². The highest BCUT2D eigenvalue weighted by molar-refractivity contribution is 5.84. The molecular weight excluding hydrogens is 380 g/mol. The maximum atomic E-state index is 6.27. The SMILES string of the molecule is c1cn(CCNCc2cc3cc4c(cc3nc2OCC2CCCCC2)OCO4)cn1. The third-order valence-corrected chi connectivity index (χ3v) is 5.95. The molecule has 1 saturated carbocycles. The third kappa shape index (κ3) is 4.36. The van der Waals surface area contributed by atoms with Crippen LogP contribution in [0.1, 0.15) is 37.7 Å². The second-order valence-corrected chi connectivity index (χ2v) is 8.14. The molecule has 7 heteroatoms. The molecule has 0 spiro atoms. The number of rotatable bonds is 8. The van der Waals surface area contributed by atoms with E-state index >= 15 is 0 Å². The first-order valence-corrected chi connectivity index (χ1v) is 10.9. The van der Waals surface area contributed by atoms with Gasteiger partial charge in [0.05, 0.1) is 18.5 Å². The van der Waals surface area contributed by atoms with Crippen LogP contribution in [0, 0.1) is 5.92 Å². The van der Waals surface area contributed by atoms with Crippen molar-refractivity contribution in [2.75, 3.05) is 19.9 Å². The topological polar surface area (TPSA) is 70.4 Å². The van der Waals surface area contributed by atoms with E-state index in [1.807, 2.05) is 24.7 Å². The number of aromatic nitrogens is 3. The summed E-state index contributed by atoms with van der Waals surface area (Å²) in [4.78, 5) is 8.94. The zero-order valence-electron chi connectivity index (χ0n) is 17.2. The second-order valence-electron chi connectivity index (χ2n) is 8.14. The molecule has 1 aromatic carbocycles. The Morgan fingerprint density at radius 2 is 1.97 bits per heavy atom. The van der Waals surface area contributed by atoms with Crippen LogP contribution in [0.5, 0.6) is 17.4 Å². The Morgan fingerprint density at radius 3 is 2.80 bits per heavy atom. The molecule has 0 bridgehead atoms. The number of fused-ring (bicyclic) bond motifs is 2. The summed E-state index contributed by atoms with van der Waals surface area (Å²) in [5.41, 5.74) is 1.95. The molecular formula is C23H28N4O3. The first-order valence-electron chi connectivity index (χ1n) is 10.9. The molecule has 1 aliphatic carbocycles. The number of hydrogen-bond acceptors (Lipinski definition) is 6. The Bertz CT molecular complexity index is 984. The van der Waals surface area contributed by atoms with Gasteiger partial charge in [0.15, 0.2) is 11.5 Å². The van der Waals surface area contributed by atoms with E-state index in [4.69, 9.17) is 19.2 Å². The van der Waals surface area contributed by atoms with Crippen LogP contribution in [0.15, 0.2) is 36.9 Å². The van der Waals surface area contributed by atoms with Crippen LogP contribution in [0.3, 0.4) is 0 Å². The van der Waals surface area contributed by atoms with Crippen molar-refractivity contribution in [2.45, 2.75) is 45.2 Å². The van der Waals surface area contributed by atoms with Crippen LogP contribution >= 0.6 is 0 Å². The van der Waals surface area contributed by atoms with Gasteiger partial charge in [0, 0.05) is 49.0 Å². The monoisotopic (exact) mass is 408 g/mol. The highest BCUT2D eigenvalue weighted by atomic mass is 16.7. The summed E-state index contributed by atoms with van der Waals surface area (Å²) in [6.45, 7) is 3.42. The molecule has 1 aliphatic heterocycles. The Morgan fingerprint density at radius 1 is 1.10 bits per heavy atom.